The third kappa shape index (κ3) is 6.58. The first-order valence-corrected chi connectivity index (χ1v) is 14.3. The maximum Gasteiger partial charge on any atom is 0.326 e. The summed E-state index contributed by atoms with van der Waals surface area (Å²) in [6, 6.07) is 11.0. The van der Waals surface area contributed by atoms with Gasteiger partial charge in [0.1, 0.15) is 12.1 Å². The van der Waals surface area contributed by atoms with Gasteiger partial charge in [-0.1, -0.05) is 29.8 Å². The van der Waals surface area contributed by atoms with Crippen LogP contribution in [-0.2, 0) is 30.8 Å². The van der Waals surface area contributed by atoms with Crippen LogP contribution in [0.2, 0.25) is 0 Å². The molecule has 2 heterocycles. The average molecular weight is 543 g/mol. The van der Waals surface area contributed by atoms with Crippen LogP contribution >= 0.6 is 0 Å². The number of carboxylic acid groups (broad SMARTS) is 1. The Morgan fingerprint density at radius 2 is 1.74 bits per heavy atom. The molecule has 38 heavy (non-hydrogen) atoms. The molecule has 1 unspecified atom stereocenters. The minimum absolute atomic E-state index is 0.0132. The quantitative estimate of drug-likeness (QED) is 0.379. The normalized spacial score (nSPS) is 21.0. The molecule has 2 aliphatic rings. The van der Waals surface area contributed by atoms with Crippen molar-refractivity contribution in [3.05, 3.63) is 59.7 Å². The smallest absolute Gasteiger partial charge is 0.326 e. The van der Waals surface area contributed by atoms with Crippen molar-refractivity contribution in [1.29, 1.82) is 0 Å². The molecule has 2 amide bonds. The molecule has 0 aliphatic carbocycles. The van der Waals surface area contributed by atoms with E-state index in [0.717, 1.165) is 29.3 Å². The van der Waals surface area contributed by atoms with Crippen LogP contribution in [0.5, 0.6) is 0 Å². The molecular formula is C27H34N4O6S. The van der Waals surface area contributed by atoms with Crippen LogP contribution in [-0.4, -0.2) is 67.3 Å². The van der Waals surface area contributed by atoms with E-state index in [4.69, 9.17) is 0 Å². The van der Waals surface area contributed by atoms with E-state index in [9.17, 15) is 27.9 Å². The van der Waals surface area contributed by atoms with Crippen molar-refractivity contribution in [3.8, 4) is 0 Å². The van der Waals surface area contributed by atoms with Crippen LogP contribution < -0.4 is 16.0 Å². The Morgan fingerprint density at radius 1 is 1.03 bits per heavy atom. The van der Waals surface area contributed by atoms with Gasteiger partial charge in [-0.05, 0) is 69.0 Å². The lowest BCUT2D eigenvalue weighted by Crippen LogP contribution is -2.51. The minimum Gasteiger partial charge on any atom is -0.480 e. The lowest BCUT2D eigenvalue weighted by atomic mass is 9.98. The summed E-state index contributed by atoms with van der Waals surface area (Å²) in [6.07, 6.45) is 2.62. The van der Waals surface area contributed by atoms with Gasteiger partial charge in [0.15, 0.2) is 0 Å². The number of benzene rings is 2. The maximum absolute atomic E-state index is 13.2. The summed E-state index contributed by atoms with van der Waals surface area (Å²) >= 11 is 0. The highest BCUT2D eigenvalue weighted by molar-refractivity contribution is 7.89. The van der Waals surface area contributed by atoms with Crippen molar-refractivity contribution in [2.45, 2.75) is 56.0 Å². The van der Waals surface area contributed by atoms with Crippen LogP contribution in [0.1, 0.15) is 36.8 Å². The zero-order chi connectivity index (χ0) is 27.3. The number of carbonyl (C=O) groups excluding carboxylic acids is 2. The molecule has 2 aromatic carbocycles. The van der Waals surface area contributed by atoms with Gasteiger partial charge in [-0.3, -0.25) is 9.59 Å². The number of sulfonamides is 1. The molecule has 2 fully saturated rings. The van der Waals surface area contributed by atoms with Crippen LogP contribution in [0.4, 0.5) is 5.69 Å². The molecule has 0 saturated carbocycles. The predicted octanol–water partition coefficient (Wildman–Crippen LogP) is 1.90. The van der Waals surface area contributed by atoms with E-state index in [-0.39, 0.29) is 29.7 Å². The van der Waals surface area contributed by atoms with Gasteiger partial charge < -0.3 is 21.1 Å². The third-order valence-corrected chi connectivity index (χ3v) is 9.00. The van der Waals surface area contributed by atoms with Crippen molar-refractivity contribution in [3.63, 3.8) is 0 Å². The molecular weight excluding hydrogens is 508 g/mol. The van der Waals surface area contributed by atoms with E-state index < -0.39 is 34.0 Å². The first-order chi connectivity index (χ1) is 18.1. The number of anilines is 1. The number of hydrogen-bond donors (Lipinski definition) is 4. The second kappa shape index (κ2) is 12.1. The summed E-state index contributed by atoms with van der Waals surface area (Å²) < 4.78 is 27.5. The molecule has 0 spiro atoms. The monoisotopic (exact) mass is 542 g/mol. The summed E-state index contributed by atoms with van der Waals surface area (Å²) in [4.78, 5) is 37.6. The van der Waals surface area contributed by atoms with Crippen molar-refractivity contribution in [2.24, 2.45) is 5.92 Å². The Morgan fingerprint density at radius 3 is 2.37 bits per heavy atom. The largest absolute Gasteiger partial charge is 0.480 e. The number of aliphatic carboxylic acids is 1. The number of rotatable bonds is 9. The standard InChI is InChI=1S/C27H34N4O6S/c1-18-6-12-22(13-7-18)38(36,37)31-15-3-5-24(31)26(33)30-23(27(34)35)16-19-8-10-21(11-9-19)29-25(32)20-4-2-14-28-17-20/h6-13,20,23-24,28H,2-5,14-17H2,1H3,(H,29,32)(H,30,33)(H,34,35)/t20?,23-,24-/m0/s1. The molecule has 2 saturated heterocycles. The highest BCUT2D eigenvalue weighted by atomic mass is 32.2. The first-order valence-electron chi connectivity index (χ1n) is 12.9. The number of aryl methyl sites for hydroxylation is 1. The number of hydrogen-bond acceptors (Lipinski definition) is 6. The highest BCUT2D eigenvalue weighted by Gasteiger charge is 2.40. The van der Waals surface area contributed by atoms with Crippen molar-refractivity contribution < 1.29 is 27.9 Å². The second-order valence-electron chi connectivity index (χ2n) is 9.92. The Hall–Kier alpha value is -3.28. The number of piperidine rings is 1. The van der Waals surface area contributed by atoms with Crippen molar-refractivity contribution >= 4 is 33.5 Å². The summed E-state index contributed by atoms with van der Waals surface area (Å²) in [7, 11) is -3.90. The third-order valence-electron chi connectivity index (χ3n) is 7.08. The average Bonchev–Trinajstić information content (AvgIpc) is 3.41. The predicted molar refractivity (Wildman–Crippen MR) is 142 cm³/mol. The minimum atomic E-state index is -3.90. The topological polar surface area (TPSA) is 145 Å². The fourth-order valence-corrected chi connectivity index (χ4v) is 6.54. The molecule has 10 nitrogen and oxygen atoms in total. The van der Waals surface area contributed by atoms with Crippen LogP contribution in [0.15, 0.2) is 53.4 Å². The maximum atomic E-state index is 13.2. The van der Waals surface area contributed by atoms with Crippen LogP contribution in [0.3, 0.4) is 0 Å². The van der Waals surface area contributed by atoms with E-state index in [1.54, 1.807) is 36.4 Å². The molecule has 0 aromatic heterocycles. The first kappa shape index (κ1) is 27.7. The molecule has 11 heteroatoms. The van der Waals surface area contributed by atoms with Gasteiger partial charge in [0.2, 0.25) is 21.8 Å². The highest BCUT2D eigenvalue weighted by Crippen LogP contribution is 2.27. The number of carbonyl (C=O) groups is 3. The Bertz CT molecular complexity index is 1260. The van der Waals surface area contributed by atoms with Gasteiger partial charge in [-0.15, -0.1) is 0 Å². The molecule has 204 valence electrons. The van der Waals surface area contributed by atoms with Crippen LogP contribution in [0, 0.1) is 12.8 Å². The van der Waals surface area contributed by atoms with E-state index in [0.29, 0.717) is 30.6 Å². The summed E-state index contributed by atoms with van der Waals surface area (Å²) in [6.45, 7) is 3.61. The Balaban J connectivity index is 1.39. The molecule has 3 atom stereocenters. The number of nitrogens with one attached hydrogen (secondary N) is 3. The van der Waals surface area contributed by atoms with Gasteiger partial charge in [-0.25, -0.2) is 13.2 Å². The fourth-order valence-electron chi connectivity index (χ4n) is 4.88. The lowest BCUT2D eigenvalue weighted by Gasteiger charge is -2.25. The molecule has 4 N–H and O–H groups in total. The van der Waals surface area contributed by atoms with Gasteiger partial charge in [-0.2, -0.15) is 4.31 Å². The van der Waals surface area contributed by atoms with Crippen molar-refractivity contribution in [2.75, 3.05) is 25.0 Å². The van der Waals surface area contributed by atoms with Gasteiger partial charge in [0.05, 0.1) is 10.8 Å². The summed E-state index contributed by atoms with van der Waals surface area (Å²) in [5, 5.41) is 18.4. The molecule has 0 radical (unpaired) electrons. The van der Waals surface area contributed by atoms with E-state index in [1.165, 1.54) is 12.1 Å². The molecule has 4 rings (SSSR count). The van der Waals surface area contributed by atoms with Gasteiger partial charge in [0, 0.05) is 25.2 Å². The van der Waals surface area contributed by atoms with E-state index in [2.05, 4.69) is 16.0 Å². The second-order valence-corrected chi connectivity index (χ2v) is 11.8. The van der Waals surface area contributed by atoms with Gasteiger partial charge >= 0.3 is 5.97 Å². The zero-order valence-electron chi connectivity index (χ0n) is 21.4. The van der Waals surface area contributed by atoms with Crippen molar-refractivity contribution in [1.82, 2.24) is 14.9 Å². The molecule has 0 bridgehead atoms. The Labute approximate surface area is 222 Å². The van der Waals surface area contributed by atoms with Crippen LogP contribution in [0.25, 0.3) is 0 Å². The number of amides is 2. The van der Waals surface area contributed by atoms with E-state index >= 15 is 0 Å². The number of nitrogens with zero attached hydrogens (tertiary/aromatic N) is 1. The lowest BCUT2D eigenvalue weighted by molar-refractivity contribution is -0.142. The molecule has 2 aromatic rings. The number of carboxylic acids is 1. The zero-order valence-corrected chi connectivity index (χ0v) is 22.2. The van der Waals surface area contributed by atoms with Gasteiger partial charge in [0.25, 0.3) is 0 Å². The Kier molecular flexibility index (Phi) is 8.80. The summed E-state index contributed by atoms with van der Waals surface area (Å²) in [5.41, 5.74) is 2.19. The van der Waals surface area contributed by atoms with E-state index in [1.807, 2.05) is 6.92 Å². The molecule has 2 aliphatic heterocycles. The fraction of sp³-hybridized carbons (Fsp3) is 0.444. The SMILES string of the molecule is Cc1ccc(S(=O)(=O)N2CCC[C@H]2C(=O)N[C@@H](Cc2ccc(NC(=O)C3CCCNC3)cc2)C(=O)O)cc1. The summed E-state index contributed by atoms with van der Waals surface area (Å²) in [5.74, 6) is -1.98.